The number of benzene rings is 1. The van der Waals surface area contributed by atoms with E-state index in [0.29, 0.717) is 5.41 Å². The van der Waals surface area contributed by atoms with Gasteiger partial charge in [0, 0.05) is 44.0 Å². The average Bonchev–Trinajstić information content (AvgIpc) is 3.46. The van der Waals surface area contributed by atoms with E-state index in [9.17, 15) is 0 Å². The van der Waals surface area contributed by atoms with E-state index in [1.165, 1.54) is 76.1 Å². The molecule has 4 rings (SSSR count). The lowest BCUT2D eigenvalue weighted by molar-refractivity contribution is 0.225. The third kappa shape index (κ3) is 4.17. The summed E-state index contributed by atoms with van der Waals surface area (Å²) in [6.45, 7) is 13.4. The second kappa shape index (κ2) is 7.38. The minimum absolute atomic E-state index is 0.430. The Balaban J connectivity index is 1.45. The van der Waals surface area contributed by atoms with Crippen LogP contribution in [0.15, 0.2) is 30.3 Å². The number of nitrogens with zero attached hydrogens (tertiary/aromatic N) is 2. The predicted octanol–water partition coefficient (Wildman–Crippen LogP) is 5.45. The zero-order valence-corrected chi connectivity index (χ0v) is 17.0. The van der Waals surface area contributed by atoms with E-state index in [1.807, 2.05) is 0 Å². The summed E-state index contributed by atoms with van der Waals surface area (Å²) in [6.07, 6.45) is 9.28. The first-order valence-electron chi connectivity index (χ1n) is 10.8. The zero-order chi connectivity index (χ0) is 18.1. The first kappa shape index (κ1) is 18.1. The van der Waals surface area contributed by atoms with E-state index in [0.717, 1.165) is 11.8 Å². The fraction of sp³-hybridized carbons (Fsp3) is 0.667. The molecule has 0 radical (unpaired) electrons. The number of para-hydroxylation sites is 1. The maximum Gasteiger partial charge on any atom is 0.0443 e. The molecule has 0 spiro atoms. The van der Waals surface area contributed by atoms with Gasteiger partial charge >= 0.3 is 0 Å². The number of anilines is 1. The van der Waals surface area contributed by atoms with Gasteiger partial charge in [0.2, 0.25) is 0 Å². The van der Waals surface area contributed by atoms with E-state index in [2.05, 4.69) is 60.9 Å². The molecule has 0 amide bonds. The Hall–Kier alpha value is -1.28. The van der Waals surface area contributed by atoms with Crippen LogP contribution in [0.4, 0.5) is 5.69 Å². The number of allylic oxidation sites excluding steroid dienone is 2. The van der Waals surface area contributed by atoms with Crippen molar-refractivity contribution in [3.63, 3.8) is 0 Å². The van der Waals surface area contributed by atoms with Gasteiger partial charge in [-0.05, 0) is 61.0 Å². The zero-order valence-electron chi connectivity index (χ0n) is 17.0. The molecular formula is C24H36N2. The highest BCUT2D eigenvalue weighted by Gasteiger charge is 2.29. The van der Waals surface area contributed by atoms with Crippen LogP contribution in [-0.4, -0.2) is 37.6 Å². The molecule has 0 N–H and O–H groups in total. The van der Waals surface area contributed by atoms with Gasteiger partial charge in [0.05, 0.1) is 0 Å². The summed E-state index contributed by atoms with van der Waals surface area (Å²) in [5.41, 5.74) is 4.98. The van der Waals surface area contributed by atoms with Crippen molar-refractivity contribution < 1.29 is 0 Å². The van der Waals surface area contributed by atoms with E-state index in [-0.39, 0.29) is 0 Å². The molecule has 1 unspecified atom stereocenters. The van der Waals surface area contributed by atoms with Crippen LogP contribution in [-0.2, 0) is 0 Å². The molecule has 1 aromatic carbocycles. The molecule has 1 aliphatic heterocycles. The van der Waals surface area contributed by atoms with Gasteiger partial charge in [-0.1, -0.05) is 45.0 Å². The minimum Gasteiger partial charge on any atom is -0.368 e. The Morgan fingerprint density at radius 3 is 2.31 bits per heavy atom. The first-order valence-corrected chi connectivity index (χ1v) is 10.8. The minimum atomic E-state index is 0.430. The average molecular weight is 353 g/mol. The fourth-order valence-corrected chi connectivity index (χ4v) is 4.72. The van der Waals surface area contributed by atoms with Gasteiger partial charge in [0.15, 0.2) is 0 Å². The topological polar surface area (TPSA) is 6.48 Å². The molecule has 2 nitrogen and oxygen atoms in total. The van der Waals surface area contributed by atoms with Crippen LogP contribution in [0, 0.1) is 17.3 Å². The second-order valence-corrected chi connectivity index (χ2v) is 9.81. The Morgan fingerprint density at radius 1 is 0.962 bits per heavy atom. The largest absolute Gasteiger partial charge is 0.368 e. The summed E-state index contributed by atoms with van der Waals surface area (Å²) in [5, 5.41) is 0. The molecule has 2 aliphatic carbocycles. The van der Waals surface area contributed by atoms with Crippen molar-refractivity contribution in [3.05, 3.63) is 35.9 Å². The lowest BCUT2D eigenvalue weighted by atomic mass is 9.72. The molecular weight excluding hydrogens is 316 g/mol. The maximum atomic E-state index is 2.69. The summed E-state index contributed by atoms with van der Waals surface area (Å²) in [7, 11) is 0. The van der Waals surface area contributed by atoms with Crippen LogP contribution >= 0.6 is 0 Å². The Bertz CT molecular complexity index is 642. The van der Waals surface area contributed by atoms with Crippen molar-refractivity contribution in [3.8, 4) is 0 Å². The van der Waals surface area contributed by atoms with Gasteiger partial charge in [-0.15, -0.1) is 0 Å². The van der Waals surface area contributed by atoms with Crippen molar-refractivity contribution in [1.82, 2.24) is 4.90 Å². The number of rotatable bonds is 4. The van der Waals surface area contributed by atoms with Crippen LogP contribution in [0.2, 0.25) is 0 Å². The van der Waals surface area contributed by atoms with Crippen molar-refractivity contribution in [2.45, 2.75) is 52.9 Å². The lowest BCUT2D eigenvalue weighted by Gasteiger charge is -2.38. The number of hydrogen-bond donors (Lipinski definition) is 0. The molecule has 1 saturated carbocycles. The van der Waals surface area contributed by atoms with Crippen LogP contribution < -0.4 is 4.90 Å². The monoisotopic (exact) mass is 352 g/mol. The number of hydrogen-bond acceptors (Lipinski definition) is 2. The quantitative estimate of drug-likeness (QED) is 0.711. The smallest absolute Gasteiger partial charge is 0.0443 e. The van der Waals surface area contributed by atoms with Gasteiger partial charge in [-0.3, -0.25) is 4.90 Å². The molecule has 26 heavy (non-hydrogen) atoms. The van der Waals surface area contributed by atoms with E-state index in [4.69, 9.17) is 0 Å². The third-order valence-corrected chi connectivity index (χ3v) is 6.81. The van der Waals surface area contributed by atoms with Crippen molar-refractivity contribution in [2.75, 3.05) is 37.6 Å². The summed E-state index contributed by atoms with van der Waals surface area (Å²) >= 11 is 0. The van der Waals surface area contributed by atoms with E-state index < -0.39 is 0 Å². The van der Waals surface area contributed by atoms with Crippen molar-refractivity contribution >= 4 is 11.3 Å². The summed E-state index contributed by atoms with van der Waals surface area (Å²) in [6, 6.07) is 9.15. The van der Waals surface area contributed by atoms with Gasteiger partial charge < -0.3 is 4.90 Å². The van der Waals surface area contributed by atoms with Gasteiger partial charge in [0.25, 0.3) is 0 Å². The maximum absolute atomic E-state index is 2.69. The van der Waals surface area contributed by atoms with Crippen LogP contribution in [0.3, 0.4) is 0 Å². The standard InChI is InChI=1S/C24H36N2/c1-24(2,3)21-12-10-20(11-13-21)22-6-4-5-7-23(22)26-16-14-25(15-17-26)18-19-8-9-19/h4-7,10,19,21H,8-9,11-18H2,1-3H3. The lowest BCUT2D eigenvalue weighted by Crippen LogP contribution is -2.47. The Morgan fingerprint density at radius 2 is 1.69 bits per heavy atom. The van der Waals surface area contributed by atoms with Crippen LogP contribution in [0.1, 0.15) is 58.4 Å². The normalized spacial score (nSPS) is 25.3. The van der Waals surface area contributed by atoms with E-state index >= 15 is 0 Å². The van der Waals surface area contributed by atoms with Crippen molar-refractivity contribution in [2.24, 2.45) is 17.3 Å². The highest BCUT2D eigenvalue weighted by molar-refractivity contribution is 5.77. The molecule has 1 heterocycles. The van der Waals surface area contributed by atoms with Gasteiger partial charge in [-0.2, -0.15) is 0 Å². The number of piperazine rings is 1. The second-order valence-electron chi connectivity index (χ2n) is 9.81. The third-order valence-electron chi connectivity index (χ3n) is 6.81. The Kier molecular flexibility index (Phi) is 5.14. The molecule has 2 heteroatoms. The molecule has 0 aromatic heterocycles. The van der Waals surface area contributed by atoms with Gasteiger partial charge in [-0.25, -0.2) is 0 Å². The van der Waals surface area contributed by atoms with E-state index in [1.54, 1.807) is 5.57 Å². The first-order chi connectivity index (χ1) is 12.5. The van der Waals surface area contributed by atoms with Crippen molar-refractivity contribution in [1.29, 1.82) is 0 Å². The molecule has 1 saturated heterocycles. The highest BCUT2D eigenvalue weighted by Crippen LogP contribution is 2.41. The summed E-state index contributed by atoms with van der Waals surface area (Å²) in [5.74, 6) is 1.83. The molecule has 0 bridgehead atoms. The molecule has 1 atom stereocenters. The molecule has 3 aliphatic rings. The van der Waals surface area contributed by atoms with Gasteiger partial charge in [0.1, 0.15) is 0 Å². The molecule has 142 valence electrons. The molecule has 1 aromatic rings. The summed E-state index contributed by atoms with van der Waals surface area (Å²) in [4.78, 5) is 5.32. The van der Waals surface area contributed by atoms with Crippen LogP contribution in [0.25, 0.3) is 5.57 Å². The summed E-state index contributed by atoms with van der Waals surface area (Å²) < 4.78 is 0. The predicted molar refractivity (Wildman–Crippen MR) is 113 cm³/mol. The SMILES string of the molecule is CC(C)(C)C1CC=C(c2ccccc2N2CCN(CC3CC3)CC2)CC1. The Labute approximate surface area is 160 Å². The highest BCUT2D eigenvalue weighted by atomic mass is 15.3. The molecule has 2 fully saturated rings. The van der Waals surface area contributed by atoms with Crippen LogP contribution in [0.5, 0.6) is 0 Å². The fourth-order valence-electron chi connectivity index (χ4n) is 4.72.